The minimum atomic E-state index is 0.312. The van der Waals surface area contributed by atoms with E-state index in [0.29, 0.717) is 37.3 Å². The van der Waals surface area contributed by atoms with Crippen molar-refractivity contribution < 1.29 is 9.47 Å². The Hall–Kier alpha value is -3.65. The summed E-state index contributed by atoms with van der Waals surface area (Å²) in [4.78, 5) is 12.9. The summed E-state index contributed by atoms with van der Waals surface area (Å²) in [5.74, 6) is 2.15. The van der Waals surface area contributed by atoms with E-state index >= 15 is 0 Å². The third-order valence-electron chi connectivity index (χ3n) is 4.77. The van der Waals surface area contributed by atoms with Crippen LogP contribution in [0.15, 0.2) is 69.9 Å². The maximum atomic E-state index is 6.03. The van der Waals surface area contributed by atoms with Crippen molar-refractivity contribution in [3.63, 3.8) is 0 Å². The fourth-order valence-corrected chi connectivity index (χ4v) is 3.04. The molecule has 0 fully saturated rings. The van der Waals surface area contributed by atoms with Crippen LogP contribution >= 0.6 is 0 Å². The van der Waals surface area contributed by atoms with Gasteiger partial charge >= 0.3 is 0 Å². The van der Waals surface area contributed by atoms with Crippen LogP contribution in [0, 0.1) is 13.8 Å². The molecule has 1 aliphatic rings. The molecular formula is C24H30N6O2. The number of aliphatic imine (C=N–C) groups is 2. The zero-order chi connectivity index (χ0) is 22.9. The number of anilines is 1. The van der Waals surface area contributed by atoms with E-state index in [9.17, 15) is 0 Å². The molecule has 0 unspecified atom stereocenters. The van der Waals surface area contributed by atoms with E-state index in [4.69, 9.17) is 15.2 Å². The van der Waals surface area contributed by atoms with E-state index in [0.717, 1.165) is 34.0 Å². The second kappa shape index (κ2) is 11.1. The van der Waals surface area contributed by atoms with Crippen LogP contribution < -0.4 is 21.1 Å². The number of hydrogen-bond donors (Lipinski definition) is 3. The molecule has 1 aromatic carbocycles. The highest BCUT2D eigenvalue weighted by molar-refractivity contribution is 6.08. The third-order valence-corrected chi connectivity index (χ3v) is 4.77. The lowest BCUT2D eigenvalue weighted by Gasteiger charge is -2.15. The fraction of sp³-hybridized carbons (Fsp3) is 0.292. The van der Waals surface area contributed by atoms with Crippen LogP contribution in [0.2, 0.25) is 0 Å². The minimum absolute atomic E-state index is 0.312. The minimum Gasteiger partial charge on any atom is -0.463 e. The van der Waals surface area contributed by atoms with Crippen molar-refractivity contribution in [1.29, 1.82) is 0 Å². The average Bonchev–Trinajstić information content (AvgIpc) is 3.31. The second-order valence-electron chi connectivity index (χ2n) is 7.19. The lowest BCUT2D eigenvalue weighted by molar-refractivity contribution is 0.335. The highest BCUT2D eigenvalue weighted by Crippen LogP contribution is 2.27. The molecule has 0 radical (unpaired) electrons. The monoisotopic (exact) mass is 434 g/mol. The Morgan fingerprint density at radius 3 is 2.69 bits per heavy atom. The van der Waals surface area contributed by atoms with E-state index in [1.54, 1.807) is 13.2 Å². The van der Waals surface area contributed by atoms with E-state index in [1.807, 2.05) is 63.3 Å². The molecule has 0 atom stereocenters. The maximum absolute atomic E-state index is 6.03. The smallest absolute Gasteiger partial charge is 0.289 e. The van der Waals surface area contributed by atoms with Crippen LogP contribution in [0.25, 0.3) is 0 Å². The summed E-state index contributed by atoms with van der Waals surface area (Å²) in [6, 6.07) is 10.2. The van der Waals surface area contributed by atoms with Gasteiger partial charge in [0, 0.05) is 36.2 Å². The predicted octanol–water partition coefficient (Wildman–Crippen LogP) is 3.70. The number of allylic oxidation sites excluding steroid dienone is 2. The quantitative estimate of drug-likeness (QED) is 0.349. The summed E-state index contributed by atoms with van der Waals surface area (Å²) in [7, 11) is 1.73. The number of hydrogen-bond acceptors (Lipinski definition) is 7. The molecule has 0 bridgehead atoms. The number of aryl methyl sites for hydroxylation is 2. The molecule has 0 saturated carbocycles. The Bertz CT molecular complexity index is 1050. The van der Waals surface area contributed by atoms with Crippen LogP contribution in [0.1, 0.15) is 18.2 Å². The maximum Gasteiger partial charge on any atom is 0.289 e. The molecular weight excluding hydrogens is 404 g/mol. The number of benzene rings is 1. The van der Waals surface area contributed by atoms with Gasteiger partial charge in [-0.1, -0.05) is 6.08 Å². The van der Waals surface area contributed by atoms with Crippen LogP contribution in [-0.4, -0.2) is 43.6 Å². The highest BCUT2D eigenvalue weighted by atomic mass is 16.5. The largest absolute Gasteiger partial charge is 0.463 e. The van der Waals surface area contributed by atoms with Crippen LogP contribution in [0.3, 0.4) is 0 Å². The first-order valence-electron chi connectivity index (χ1n) is 10.5. The molecule has 0 spiro atoms. The summed E-state index contributed by atoms with van der Waals surface area (Å²) in [6.07, 6.45) is 5.59. The van der Waals surface area contributed by atoms with E-state index < -0.39 is 0 Å². The van der Waals surface area contributed by atoms with Crippen molar-refractivity contribution in [2.24, 2.45) is 15.7 Å². The summed E-state index contributed by atoms with van der Waals surface area (Å²) in [5, 5.41) is 6.53. The zero-order valence-electron chi connectivity index (χ0n) is 19.0. The van der Waals surface area contributed by atoms with Gasteiger partial charge < -0.3 is 25.8 Å². The van der Waals surface area contributed by atoms with Gasteiger partial charge in [-0.05, 0) is 62.7 Å². The van der Waals surface area contributed by atoms with Crippen molar-refractivity contribution in [2.75, 3.05) is 32.1 Å². The van der Waals surface area contributed by atoms with Gasteiger partial charge in [0.15, 0.2) is 0 Å². The van der Waals surface area contributed by atoms with E-state index in [2.05, 4.69) is 25.6 Å². The SMILES string of the molecule is C/C=C(\C=C(/CN)C(=NC)Nc1ccc(Oc2ccc(C)nc2)c(C)c1)NC1=NCCO1. The lowest BCUT2D eigenvalue weighted by Crippen LogP contribution is -2.25. The molecule has 8 nitrogen and oxygen atoms in total. The summed E-state index contributed by atoms with van der Waals surface area (Å²) >= 11 is 0. The van der Waals surface area contributed by atoms with Gasteiger partial charge in [-0.3, -0.25) is 9.98 Å². The second-order valence-corrected chi connectivity index (χ2v) is 7.19. The first-order valence-corrected chi connectivity index (χ1v) is 10.5. The molecule has 2 heterocycles. The molecule has 8 heteroatoms. The molecule has 3 rings (SSSR count). The number of aromatic nitrogens is 1. The number of amidine groups is 2. The molecule has 0 aliphatic carbocycles. The summed E-state index contributed by atoms with van der Waals surface area (Å²) in [6.45, 7) is 7.44. The number of ether oxygens (including phenoxy) is 2. The number of pyridine rings is 1. The average molecular weight is 435 g/mol. The van der Waals surface area contributed by atoms with Crippen molar-refractivity contribution >= 4 is 17.5 Å². The van der Waals surface area contributed by atoms with E-state index in [1.165, 1.54) is 0 Å². The van der Waals surface area contributed by atoms with Crippen molar-refractivity contribution in [3.8, 4) is 11.5 Å². The van der Waals surface area contributed by atoms with Gasteiger partial charge in [-0.2, -0.15) is 0 Å². The third kappa shape index (κ3) is 6.18. The van der Waals surface area contributed by atoms with Gasteiger partial charge in [0.1, 0.15) is 23.9 Å². The molecule has 1 aromatic heterocycles. The Balaban J connectivity index is 1.73. The zero-order valence-corrected chi connectivity index (χ0v) is 19.0. The number of nitrogens with one attached hydrogen (secondary N) is 2. The first kappa shape index (κ1) is 23.0. The Kier molecular flexibility index (Phi) is 7.99. The lowest BCUT2D eigenvalue weighted by atomic mass is 10.1. The molecule has 0 saturated heterocycles. The Morgan fingerprint density at radius 2 is 2.09 bits per heavy atom. The summed E-state index contributed by atoms with van der Waals surface area (Å²) < 4.78 is 11.4. The predicted molar refractivity (Wildman–Crippen MR) is 129 cm³/mol. The number of rotatable bonds is 7. The van der Waals surface area contributed by atoms with Crippen molar-refractivity contribution in [2.45, 2.75) is 20.8 Å². The van der Waals surface area contributed by atoms with E-state index in [-0.39, 0.29) is 0 Å². The van der Waals surface area contributed by atoms with Crippen molar-refractivity contribution in [3.05, 3.63) is 71.2 Å². The molecule has 168 valence electrons. The molecule has 0 amide bonds. The van der Waals surface area contributed by atoms with Gasteiger partial charge in [-0.25, -0.2) is 4.99 Å². The number of nitrogens with two attached hydrogens (primary N) is 1. The summed E-state index contributed by atoms with van der Waals surface area (Å²) in [5.41, 5.74) is 10.5. The Labute approximate surface area is 189 Å². The standard InChI is InChI=1S/C24H30N6O2/c1-5-19(30-24-27-10-11-31-24)13-18(14-25)23(26-4)29-20-7-9-22(16(2)12-20)32-21-8-6-17(3)28-15-21/h5-9,12-13,15H,10-11,14,25H2,1-4H3,(H,26,29)(H,27,30)/b18-13+,19-5+. The fourth-order valence-electron chi connectivity index (χ4n) is 3.04. The molecule has 2 aromatic rings. The molecule has 4 N–H and O–H groups in total. The van der Waals surface area contributed by atoms with Gasteiger partial charge in [0.25, 0.3) is 6.02 Å². The molecule has 32 heavy (non-hydrogen) atoms. The first-order chi connectivity index (χ1) is 15.5. The topological polar surface area (TPSA) is 106 Å². The number of nitrogens with zero attached hydrogens (tertiary/aromatic N) is 3. The van der Waals surface area contributed by atoms with Crippen LogP contribution in [-0.2, 0) is 4.74 Å². The van der Waals surface area contributed by atoms with Crippen LogP contribution in [0.5, 0.6) is 11.5 Å². The van der Waals surface area contributed by atoms with Gasteiger partial charge in [0.05, 0.1) is 12.7 Å². The normalized spacial score (nSPS) is 14.7. The van der Waals surface area contributed by atoms with Crippen molar-refractivity contribution in [1.82, 2.24) is 10.3 Å². The van der Waals surface area contributed by atoms with Crippen LogP contribution in [0.4, 0.5) is 5.69 Å². The Morgan fingerprint density at radius 1 is 1.25 bits per heavy atom. The van der Waals surface area contributed by atoms with Gasteiger partial charge in [-0.15, -0.1) is 0 Å². The highest BCUT2D eigenvalue weighted by Gasteiger charge is 2.11. The molecule has 1 aliphatic heterocycles. The van der Waals surface area contributed by atoms with Gasteiger partial charge in [0.2, 0.25) is 0 Å².